The maximum atomic E-state index is 12.0. The van der Waals surface area contributed by atoms with Gasteiger partial charge in [-0.15, -0.1) is 0 Å². The minimum absolute atomic E-state index is 0.174. The van der Waals surface area contributed by atoms with E-state index < -0.39 is 0 Å². The largest absolute Gasteiger partial charge is 0.313 e. The third-order valence-corrected chi connectivity index (χ3v) is 5.58. The highest BCUT2D eigenvalue weighted by Crippen LogP contribution is 2.29. The van der Waals surface area contributed by atoms with Gasteiger partial charge in [0.25, 0.3) is 5.56 Å². The first-order chi connectivity index (χ1) is 14.2. The number of hydrogen-bond acceptors (Lipinski definition) is 6. The smallest absolute Gasteiger partial charge is 0.258 e. The predicted molar refractivity (Wildman–Crippen MR) is 108 cm³/mol. The highest BCUT2D eigenvalue weighted by Gasteiger charge is 2.22. The monoisotopic (exact) mass is 390 g/mol. The van der Waals surface area contributed by atoms with Crippen LogP contribution in [0, 0.1) is 0 Å². The second kappa shape index (κ2) is 7.25. The lowest BCUT2D eigenvalue weighted by Crippen LogP contribution is -2.32. The van der Waals surface area contributed by atoms with Crippen molar-refractivity contribution in [3.05, 3.63) is 64.9 Å². The Balaban J connectivity index is 1.31. The lowest BCUT2D eigenvalue weighted by atomic mass is 9.91. The molecule has 0 radical (unpaired) electrons. The first-order valence-corrected chi connectivity index (χ1v) is 9.74. The Hall–Kier alpha value is -3.33. The van der Waals surface area contributed by atoms with Crippen LogP contribution in [0.5, 0.6) is 0 Å². The normalized spacial score (nSPS) is 15.9. The van der Waals surface area contributed by atoms with Crippen molar-refractivity contribution < 1.29 is 0 Å². The molecule has 0 aromatic carbocycles. The highest BCUT2D eigenvalue weighted by molar-refractivity contribution is 5.83. The number of aryl methyl sites for hydroxylation is 1. The molecule has 1 aliphatic rings. The van der Waals surface area contributed by atoms with Crippen LogP contribution in [0.15, 0.2) is 48.2 Å². The van der Waals surface area contributed by atoms with Gasteiger partial charge in [-0.2, -0.15) is 10.2 Å². The molecule has 0 spiro atoms. The van der Waals surface area contributed by atoms with E-state index in [0.717, 1.165) is 32.5 Å². The van der Waals surface area contributed by atoms with Crippen molar-refractivity contribution in [1.82, 2.24) is 39.4 Å². The first kappa shape index (κ1) is 17.7. The minimum atomic E-state index is -0.174. The fourth-order valence-corrected chi connectivity index (χ4v) is 4.05. The van der Waals surface area contributed by atoms with Crippen molar-refractivity contribution in [1.29, 1.82) is 0 Å². The molecule has 1 saturated heterocycles. The van der Waals surface area contributed by atoms with E-state index in [9.17, 15) is 4.79 Å². The Labute approximate surface area is 167 Å². The molecule has 5 heterocycles. The van der Waals surface area contributed by atoms with E-state index in [1.54, 1.807) is 16.9 Å². The fourth-order valence-electron chi connectivity index (χ4n) is 4.05. The zero-order valence-corrected chi connectivity index (χ0v) is 16.2. The summed E-state index contributed by atoms with van der Waals surface area (Å²) < 4.78 is 3.58. The molecule has 0 unspecified atom stereocenters. The van der Waals surface area contributed by atoms with E-state index in [2.05, 4.69) is 36.2 Å². The van der Waals surface area contributed by atoms with E-state index in [1.807, 2.05) is 30.3 Å². The van der Waals surface area contributed by atoms with Crippen LogP contribution in [0.1, 0.15) is 29.9 Å². The highest BCUT2D eigenvalue weighted by atomic mass is 16.1. The fraction of sp³-hybridized carbons (Fsp3) is 0.350. The molecule has 0 aliphatic carbocycles. The van der Waals surface area contributed by atoms with Crippen molar-refractivity contribution in [2.24, 2.45) is 7.05 Å². The van der Waals surface area contributed by atoms with Gasteiger partial charge in [-0.1, -0.05) is 0 Å². The minimum Gasteiger partial charge on any atom is -0.313 e. The van der Waals surface area contributed by atoms with Crippen molar-refractivity contribution in [3.63, 3.8) is 0 Å². The molecule has 1 N–H and O–H groups in total. The van der Waals surface area contributed by atoms with Gasteiger partial charge in [0.15, 0.2) is 5.82 Å². The second-order valence-electron chi connectivity index (χ2n) is 7.55. The number of hydrogen-bond donors (Lipinski definition) is 1. The topological polar surface area (TPSA) is 97.5 Å². The van der Waals surface area contributed by atoms with Crippen LogP contribution in [0.2, 0.25) is 0 Å². The summed E-state index contributed by atoms with van der Waals surface area (Å²) in [4.78, 5) is 25.8. The van der Waals surface area contributed by atoms with Crippen molar-refractivity contribution >= 4 is 10.9 Å². The number of aromatic amines is 1. The lowest BCUT2D eigenvalue weighted by molar-refractivity contribution is 0.204. The molecule has 9 nitrogen and oxygen atoms in total. The van der Waals surface area contributed by atoms with E-state index in [0.29, 0.717) is 22.6 Å². The molecule has 4 aromatic rings. The summed E-state index contributed by atoms with van der Waals surface area (Å²) in [6, 6.07) is 1.67. The predicted octanol–water partition coefficient (Wildman–Crippen LogP) is 1.62. The van der Waals surface area contributed by atoms with Crippen LogP contribution in [-0.2, 0) is 13.6 Å². The van der Waals surface area contributed by atoms with Crippen LogP contribution in [0.25, 0.3) is 16.7 Å². The van der Waals surface area contributed by atoms with Gasteiger partial charge in [0, 0.05) is 37.7 Å². The molecule has 0 amide bonds. The molecular weight excluding hydrogens is 368 g/mol. The summed E-state index contributed by atoms with van der Waals surface area (Å²) >= 11 is 0. The van der Waals surface area contributed by atoms with E-state index in [4.69, 9.17) is 0 Å². The van der Waals surface area contributed by atoms with Crippen molar-refractivity contribution in [3.8, 4) is 5.82 Å². The number of aromatic nitrogens is 7. The number of nitrogens with zero attached hydrogens (tertiary/aromatic N) is 7. The number of nitrogens with one attached hydrogen (secondary N) is 1. The molecule has 148 valence electrons. The maximum Gasteiger partial charge on any atom is 0.258 e. The van der Waals surface area contributed by atoms with Gasteiger partial charge in [0.2, 0.25) is 0 Å². The molecule has 9 heteroatoms. The summed E-state index contributed by atoms with van der Waals surface area (Å²) in [6.07, 6.45) is 13.1. The summed E-state index contributed by atoms with van der Waals surface area (Å²) in [5.74, 6) is 1.05. The Kier molecular flexibility index (Phi) is 4.44. The summed E-state index contributed by atoms with van der Waals surface area (Å²) in [6.45, 7) is 3.04. The molecule has 29 heavy (non-hydrogen) atoms. The number of fused-ring (bicyclic) bond motifs is 1. The zero-order chi connectivity index (χ0) is 19.8. The third-order valence-electron chi connectivity index (χ3n) is 5.58. The molecule has 4 aromatic heterocycles. The van der Waals surface area contributed by atoms with Crippen molar-refractivity contribution in [2.45, 2.75) is 25.3 Å². The summed E-state index contributed by atoms with van der Waals surface area (Å²) in [5, 5.41) is 9.27. The summed E-state index contributed by atoms with van der Waals surface area (Å²) in [5.41, 5.74) is 2.84. The van der Waals surface area contributed by atoms with Crippen LogP contribution < -0.4 is 5.56 Å². The van der Waals surface area contributed by atoms with Crippen LogP contribution in [0.3, 0.4) is 0 Å². The second-order valence-corrected chi connectivity index (χ2v) is 7.55. The molecule has 0 atom stereocenters. The van der Waals surface area contributed by atoms with Gasteiger partial charge < -0.3 is 4.98 Å². The zero-order valence-electron chi connectivity index (χ0n) is 16.2. The van der Waals surface area contributed by atoms with E-state index >= 15 is 0 Å². The summed E-state index contributed by atoms with van der Waals surface area (Å²) in [7, 11) is 1.95. The first-order valence-electron chi connectivity index (χ1n) is 9.74. The lowest BCUT2D eigenvalue weighted by Gasteiger charge is -2.31. The molecule has 0 bridgehead atoms. The van der Waals surface area contributed by atoms with Crippen LogP contribution in [0.4, 0.5) is 0 Å². The number of H-pyrrole nitrogens is 1. The Bertz CT molecular complexity index is 1200. The van der Waals surface area contributed by atoms with Gasteiger partial charge in [0.05, 0.1) is 24.1 Å². The maximum absolute atomic E-state index is 12.0. The average molecular weight is 390 g/mol. The Morgan fingerprint density at radius 1 is 1.14 bits per heavy atom. The number of rotatable bonds is 4. The average Bonchev–Trinajstić information content (AvgIpc) is 3.38. The molecule has 5 rings (SSSR count). The standard InChI is InChI=1S/C20H22N8O/c1-26-10-14(8-24-26)11-27-6-3-15(4-7-27)16-9-25-28(12-16)19-18-17(2-5-21-19)20(29)23-13-22-18/h2,5,8-10,12-13,15H,3-4,6-7,11H2,1H3,(H,22,23,29). The van der Waals surface area contributed by atoms with E-state index in [1.165, 1.54) is 17.5 Å². The molecule has 1 aliphatic heterocycles. The SMILES string of the molecule is Cn1cc(CN2CCC(c3cnn(-c4nccc5c(=O)[nH]cnc45)c3)CC2)cn1. The van der Waals surface area contributed by atoms with E-state index in [-0.39, 0.29) is 5.56 Å². The van der Waals surface area contributed by atoms with Crippen LogP contribution in [-0.4, -0.2) is 52.5 Å². The van der Waals surface area contributed by atoms with Crippen LogP contribution >= 0.6 is 0 Å². The van der Waals surface area contributed by atoms with Gasteiger partial charge in [-0.05, 0) is 43.5 Å². The Morgan fingerprint density at radius 3 is 2.79 bits per heavy atom. The number of likely N-dealkylation sites (tertiary alicyclic amines) is 1. The number of pyridine rings is 1. The molecular formula is C20H22N8O. The van der Waals surface area contributed by atoms with Gasteiger partial charge in [-0.25, -0.2) is 14.6 Å². The number of piperidine rings is 1. The third kappa shape index (κ3) is 3.44. The van der Waals surface area contributed by atoms with Gasteiger partial charge in [-0.3, -0.25) is 14.4 Å². The quantitative estimate of drug-likeness (QED) is 0.569. The molecule has 1 fully saturated rings. The van der Waals surface area contributed by atoms with Gasteiger partial charge >= 0.3 is 0 Å². The molecule has 0 saturated carbocycles. The van der Waals surface area contributed by atoms with Crippen molar-refractivity contribution in [2.75, 3.05) is 13.1 Å². The van der Waals surface area contributed by atoms with Gasteiger partial charge in [0.1, 0.15) is 5.52 Å². The Morgan fingerprint density at radius 2 is 2.00 bits per heavy atom.